The molecule has 0 saturated carbocycles. The Morgan fingerprint density at radius 1 is 1.10 bits per heavy atom. The van der Waals surface area contributed by atoms with Crippen molar-refractivity contribution in [2.45, 2.75) is 43.8 Å². The number of unbranched alkanes of at least 4 members (excludes halogenated alkanes) is 1. The van der Waals surface area contributed by atoms with Gasteiger partial charge >= 0.3 is 0 Å². The number of rotatable bonds is 4. The smallest absolute Gasteiger partial charge is 0.0367 e. The van der Waals surface area contributed by atoms with Crippen LogP contribution >= 0.6 is 11.6 Å². The minimum Gasteiger partial charge on any atom is -0.127 e. The van der Waals surface area contributed by atoms with Gasteiger partial charge < -0.3 is 0 Å². The van der Waals surface area contributed by atoms with Crippen molar-refractivity contribution in [2.75, 3.05) is 5.88 Å². The molecule has 60 valence electrons. The van der Waals surface area contributed by atoms with Crippen LogP contribution in [0.5, 0.6) is 0 Å². The third-order valence-corrected chi connectivity index (χ3v) is 6.41. The van der Waals surface area contributed by atoms with Crippen molar-refractivity contribution in [1.29, 1.82) is 0 Å². The molecule has 0 nitrogen and oxygen atoms in total. The van der Waals surface area contributed by atoms with E-state index in [1.165, 1.54) is 25.7 Å². The summed E-state index contributed by atoms with van der Waals surface area (Å²) in [6.45, 7) is 0. The molecule has 0 radical (unpaired) electrons. The molecule has 1 heterocycles. The van der Waals surface area contributed by atoms with E-state index in [1.807, 2.05) is 0 Å². The summed E-state index contributed by atoms with van der Waals surface area (Å²) in [5.74, 6) is 0.876. The molecule has 1 saturated heterocycles. The summed E-state index contributed by atoms with van der Waals surface area (Å²) in [6, 6.07) is 4.83. The van der Waals surface area contributed by atoms with E-state index in [-0.39, 0.29) is 8.80 Å². The highest BCUT2D eigenvalue weighted by Gasteiger charge is 2.15. The molecular formula is C8H17ClSi. The third kappa shape index (κ3) is 3.06. The van der Waals surface area contributed by atoms with Gasteiger partial charge in [-0.2, -0.15) is 0 Å². The van der Waals surface area contributed by atoms with Gasteiger partial charge in [-0.25, -0.2) is 0 Å². The lowest BCUT2D eigenvalue weighted by atomic mass is 10.4. The molecule has 0 aromatic heterocycles. The van der Waals surface area contributed by atoms with E-state index in [9.17, 15) is 0 Å². The minimum absolute atomic E-state index is 0.171. The Balaban J connectivity index is 1.91. The van der Waals surface area contributed by atoms with Crippen molar-refractivity contribution in [3.8, 4) is 0 Å². The van der Waals surface area contributed by atoms with E-state index in [0.717, 1.165) is 5.88 Å². The molecule has 1 rings (SSSR count). The number of hydrogen-bond donors (Lipinski definition) is 0. The normalized spacial score (nSPS) is 20.1. The first-order valence-corrected chi connectivity index (χ1v) is 7.48. The lowest BCUT2D eigenvalue weighted by Crippen LogP contribution is -2.04. The maximum Gasteiger partial charge on any atom is 0.0367 e. The highest BCUT2D eigenvalue weighted by Crippen LogP contribution is 2.23. The van der Waals surface area contributed by atoms with Crippen LogP contribution in [0, 0.1) is 0 Å². The van der Waals surface area contributed by atoms with Gasteiger partial charge in [0.1, 0.15) is 0 Å². The molecule has 0 N–H and O–H groups in total. The highest BCUT2D eigenvalue weighted by molar-refractivity contribution is 6.59. The van der Waals surface area contributed by atoms with Gasteiger partial charge in [0.25, 0.3) is 0 Å². The van der Waals surface area contributed by atoms with E-state index in [2.05, 4.69) is 0 Å². The molecule has 0 bridgehead atoms. The van der Waals surface area contributed by atoms with Crippen LogP contribution in [0.3, 0.4) is 0 Å². The van der Waals surface area contributed by atoms with Crippen LogP contribution in [0.15, 0.2) is 0 Å². The summed E-state index contributed by atoms with van der Waals surface area (Å²) < 4.78 is 0. The summed E-state index contributed by atoms with van der Waals surface area (Å²) >= 11 is 5.60. The average molecular weight is 177 g/mol. The Morgan fingerprint density at radius 3 is 2.40 bits per heavy atom. The minimum atomic E-state index is -0.171. The molecule has 2 heteroatoms. The first-order valence-electron chi connectivity index (χ1n) is 4.49. The van der Waals surface area contributed by atoms with E-state index in [0.29, 0.717) is 0 Å². The molecule has 0 atom stereocenters. The molecule has 1 aliphatic rings. The van der Waals surface area contributed by atoms with Crippen molar-refractivity contribution in [3.63, 3.8) is 0 Å². The standard InChI is InChI=1S/C8H17ClSi/c9-5-1-2-6-10-7-3-4-8-10/h10H,1-8H2. The van der Waals surface area contributed by atoms with Crippen molar-refractivity contribution in [1.82, 2.24) is 0 Å². The average Bonchev–Trinajstić information content (AvgIpc) is 2.41. The third-order valence-electron chi connectivity index (χ3n) is 2.47. The largest absolute Gasteiger partial charge is 0.127 e. The highest BCUT2D eigenvalue weighted by atomic mass is 35.5. The fraction of sp³-hybridized carbons (Fsp3) is 1.00. The predicted molar refractivity (Wildman–Crippen MR) is 50.8 cm³/mol. The van der Waals surface area contributed by atoms with Crippen molar-refractivity contribution < 1.29 is 0 Å². The lowest BCUT2D eigenvalue weighted by molar-refractivity contribution is 0.878. The van der Waals surface area contributed by atoms with Gasteiger partial charge in [0.15, 0.2) is 0 Å². The molecule has 0 aromatic carbocycles. The second-order valence-electron chi connectivity index (χ2n) is 3.34. The van der Waals surface area contributed by atoms with Crippen molar-refractivity contribution in [2.24, 2.45) is 0 Å². The van der Waals surface area contributed by atoms with Gasteiger partial charge in [-0.05, 0) is 6.42 Å². The van der Waals surface area contributed by atoms with Crippen molar-refractivity contribution in [3.05, 3.63) is 0 Å². The van der Waals surface area contributed by atoms with Crippen LogP contribution in [-0.4, -0.2) is 14.7 Å². The second-order valence-corrected chi connectivity index (χ2v) is 7.18. The molecule has 0 amide bonds. The zero-order chi connectivity index (χ0) is 7.23. The maximum atomic E-state index is 5.60. The summed E-state index contributed by atoms with van der Waals surface area (Å²) in [7, 11) is -0.171. The fourth-order valence-corrected chi connectivity index (χ4v) is 5.48. The number of halogens is 1. The van der Waals surface area contributed by atoms with Gasteiger partial charge in [-0.3, -0.25) is 0 Å². The lowest BCUT2D eigenvalue weighted by Gasteiger charge is -2.04. The monoisotopic (exact) mass is 176 g/mol. The van der Waals surface area contributed by atoms with Crippen LogP contribution < -0.4 is 0 Å². The first kappa shape index (κ1) is 8.60. The van der Waals surface area contributed by atoms with Gasteiger partial charge in [-0.15, -0.1) is 11.6 Å². The summed E-state index contributed by atoms with van der Waals surface area (Å²) in [6.07, 6.45) is 5.75. The van der Waals surface area contributed by atoms with Gasteiger partial charge in [0.2, 0.25) is 0 Å². The predicted octanol–water partition coefficient (Wildman–Crippen LogP) is 3.03. The van der Waals surface area contributed by atoms with E-state index < -0.39 is 0 Å². The summed E-state index contributed by atoms with van der Waals surface area (Å²) in [5, 5.41) is 0. The Kier molecular flexibility index (Phi) is 4.47. The van der Waals surface area contributed by atoms with Gasteiger partial charge in [-0.1, -0.05) is 37.4 Å². The van der Waals surface area contributed by atoms with Crippen LogP contribution in [0.2, 0.25) is 18.1 Å². The van der Waals surface area contributed by atoms with E-state index in [1.54, 1.807) is 18.1 Å². The first-order chi connectivity index (χ1) is 4.93. The summed E-state index contributed by atoms with van der Waals surface area (Å²) in [4.78, 5) is 0. The number of alkyl halides is 1. The Labute approximate surface area is 70.6 Å². The van der Waals surface area contributed by atoms with Gasteiger partial charge in [0.05, 0.1) is 0 Å². The van der Waals surface area contributed by atoms with Gasteiger partial charge in [0, 0.05) is 14.7 Å². The Hall–Kier alpha value is 0.507. The molecule has 10 heavy (non-hydrogen) atoms. The SMILES string of the molecule is ClCCCC[SiH]1CCCC1. The maximum absolute atomic E-state index is 5.60. The van der Waals surface area contributed by atoms with Crippen LogP contribution in [0.4, 0.5) is 0 Å². The second kappa shape index (κ2) is 5.20. The zero-order valence-electron chi connectivity index (χ0n) is 6.61. The topological polar surface area (TPSA) is 0 Å². The molecular weight excluding hydrogens is 160 g/mol. The molecule has 1 fully saturated rings. The quantitative estimate of drug-likeness (QED) is 0.351. The molecule has 0 spiro atoms. The molecule has 1 aliphatic heterocycles. The zero-order valence-corrected chi connectivity index (χ0v) is 8.52. The van der Waals surface area contributed by atoms with Crippen LogP contribution in [0.25, 0.3) is 0 Å². The van der Waals surface area contributed by atoms with Crippen LogP contribution in [-0.2, 0) is 0 Å². The molecule has 0 unspecified atom stereocenters. The van der Waals surface area contributed by atoms with E-state index in [4.69, 9.17) is 11.6 Å². The Bertz CT molecular complexity index is 79.3. The summed E-state index contributed by atoms with van der Waals surface area (Å²) in [5.41, 5.74) is 0. The van der Waals surface area contributed by atoms with E-state index >= 15 is 0 Å². The fourth-order valence-electron chi connectivity index (χ4n) is 1.83. The number of hydrogen-bond acceptors (Lipinski definition) is 0. The van der Waals surface area contributed by atoms with Crippen molar-refractivity contribution >= 4 is 20.4 Å². The molecule has 0 aliphatic carbocycles. The van der Waals surface area contributed by atoms with Crippen LogP contribution in [0.1, 0.15) is 25.7 Å². The molecule has 0 aromatic rings. The Morgan fingerprint density at radius 2 is 1.80 bits per heavy atom.